The van der Waals surface area contributed by atoms with Crippen molar-refractivity contribution in [2.45, 2.75) is 19.8 Å². The van der Waals surface area contributed by atoms with Crippen molar-refractivity contribution in [1.29, 1.82) is 0 Å². The van der Waals surface area contributed by atoms with Gasteiger partial charge >= 0.3 is 0 Å². The molecule has 0 spiro atoms. The highest BCUT2D eigenvalue weighted by molar-refractivity contribution is 6.39. The Kier molecular flexibility index (Phi) is 6.91. The first kappa shape index (κ1) is 24.1. The molecule has 0 saturated heterocycles. The van der Waals surface area contributed by atoms with Gasteiger partial charge in [0.2, 0.25) is 0 Å². The quantitative estimate of drug-likeness (QED) is 0.148. The topological polar surface area (TPSA) is 60.4 Å². The van der Waals surface area contributed by atoms with E-state index in [1.807, 2.05) is 60.7 Å². The first-order valence-electron chi connectivity index (χ1n) is 12.4. The molecule has 0 radical (unpaired) electrons. The van der Waals surface area contributed by atoms with Gasteiger partial charge in [-0.25, -0.2) is 0 Å². The van der Waals surface area contributed by atoms with Crippen LogP contribution in [0.1, 0.15) is 62.0 Å². The van der Waals surface area contributed by atoms with E-state index in [0.29, 0.717) is 34.6 Å². The molecule has 2 aliphatic rings. The molecule has 0 bridgehead atoms. The molecule has 37 heavy (non-hydrogen) atoms. The van der Waals surface area contributed by atoms with Gasteiger partial charge in [0.05, 0.1) is 17.8 Å². The van der Waals surface area contributed by atoms with Crippen LogP contribution in [0.3, 0.4) is 0 Å². The summed E-state index contributed by atoms with van der Waals surface area (Å²) < 4.78 is 6.08. The number of rotatable bonds is 8. The third kappa shape index (κ3) is 4.66. The molecule has 5 rings (SSSR count). The molecular formula is C33H26O4. The van der Waals surface area contributed by atoms with Crippen LogP contribution < -0.4 is 0 Å². The minimum atomic E-state index is -0.274. The number of benzene rings is 3. The first-order chi connectivity index (χ1) is 18.1. The highest BCUT2D eigenvalue weighted by Gasteiger charge is 2.32. The molecule has 2 aliphatic carbocycles. The number of hydrogen-bond acceptors (Lipinski definition) is 4. The van der Waals surface area contributed by atoms with Crippen LogP contribution in [-0.4, -0.2) is 24.0 Å². The average Bonchev–Trinajstić information content (AvgIpc) is 3.35. The summed E-state index contributed by atoms with van der Waals surface area (Å²) in [5.74, 6) is -0.0404. The SMILES string of the molecule is CCCCOC1=C(/C=C/C(=C/C=C2C(=O)c3ccccc3C2=O)c2ccccc2)C(=O)c2ccccc21. The second-order valence-corrected chi connectivity index (χ2v) is 8.93. The predicted octanol–water partition coefficient (Wildman–Crippen LogP) is 7.06. The Bertz CT molecular complexity index is 1480. The fraction of sp³-hybridized carbons (Fsp3) is 0.121. The molecule has 0 unspecified atom stereocenters. The van der Waals surface area contributed by atoms with Gasteiger partial charge in [-0.3, -0.25) is 14.4 Å². The number of fused-ring (bicyclic) bond motifs is 2. The lowest BCUT2D eigenvalue weighted by molar-refractivity contribution is 0.0986. The van der Waals surface area contributed by atoms with Crippen LogP contribution >= 0.6 is 0 Å². The van der Waals surface area contributed by atoms with Crippen molar-refractivity contribution >= 4 is 28.7 Å². The number of hydrogen-bond donors (Lipinski definition) is 0. The molecule has 4 nitrogen and oxygen atoms in total. The lowest BCUT2D eigenvalue weighted by Gasteiger charge is -2.09. The van der Waals surface area contributed by atoms with E-state index < -0.39 is 0 Å². The number of allylic oxidation sites excluding steroid dienone is 7. The Balaban J connectivity index is 1.54. The van der Waals surface area contributed by atoms with E-state index in [4.69, 9.17) is 4.74 Å². The Morgan fingerprint density at radius 2 is 1.30 bits per heavy atom. The van der Waals surface area contributed by atoms with Gasteiger partial charge in [0.25, 0.3) is 0 Å². The van der Waals surface area contributed by atoms with Gasteiger partial charge in [-0.05, 0) is 29.7 Å². The van der Waals surface area contributed by atoms with E-state index in [9.17, 15) is 14.4 Å². The van der Waals surface area contributed by atoms with Crippen LogP contribution in [0.2, 0.25) is 0 Å². The van der Waals surface area contributed by atoms with E-state index in [1.54, 1.807) is 42.5 Å². The molecule has 182 valence electrons. The van der Waals surface area contributed by atoms with Crippen molar-refractivity contribution in [3.05, 3.63) is 142 Å². The predicted molar refractivity (Wildman–Crippen MR) is 145 cm³/mol. The molecular weight excluding hydrogens is 460 g/mol. The van der Waals surface area contributed by atoms with Crippen LogP contribution in [0, 0.1) is 0 Å². The van der Waals surface area contributed by atoms with Crippen LogP contribution in [0.25, 0.3) is 11.3 Å². The van der Waals surface area contributed by atoms with Gasteiger partial charge in [0.15, 0.2) is 17.3 Å². The third-order valence-corrected chi connectivity index (χ3v) is 6.52. The monoisotopic (exact) mass is 486 g/mol. The maximum absolute atomic E-state index is 13.3. The Morgan fingerprint density at radius 3 is 1.92 bits per heavy atom. The van der Waals surface area contributed by atoms with Gasteiger partial charge in [-0.2, -0.15) is 0 Å². The second kappa shape index (κ2) is 10.6. The normalized spacial score (nSPS) is 15.0. The summed E-state index contributed by atoms with van der Waals surface area (Å²) in [6.07, 6.45) is 8.83. The molecule has 0 fully saturated rings. The Hall–Kier alpha value is -4.57. The minimum absolute atomic E-state index is 0.0827. The van der Waals surface area contributed by atoms with Crippen molar-refractivity contribution in [2.24, 2.45) is 0 Å². The zero-order chi connectivity index (χ0) is 25.8. The number of ether oxygens (including phenoxy) is 1. The zero-order valence-corrected chi connectivity index (χ0v) is 20.6. The number of ketones is 3. The van der Waals surface area contributed by atoms with E-state index in [1.165, 1.54) is 0 Å². The summed E-state index contributed by atoms with van der Waals surface area (Å²) in [6, 6.07) is 24.0. The fourth-order valence-electron chi connectivity index (χ4n) is 4.55. The van der Waals surface area contributed by atoms with Crippen LogP contribution in [0.15, 0.2) is 114 Å². The maximum atomic E-state index is 13.3. The fourth-order valence-corrected chi connectivity index (χ4v) is 4.55. The van der Waals surface area contributed by atoms with Gasteiger partial charge in [-0.1, -0.05) is 104 Å². The van der Waals surface area contributed by atoms with Crippen LogP contribution in [0.5, 0.6) is 0 Å². The van der Waals surface area contributed by atoms with Gasteiger partial charge in [-0.15, -0.1) is 0 Å². The number of carbonyl (C=O) groups is 3. The molecule has 0 N–H and O–H groups in total. The van der Waals surface area contributed by atoms with Gasteiger partial charge in [0, 0.05) is 22.3 Å². The van der Waals surface area contributed by atoms with Crippen molar-refractivity contribution in [3.63, 3.8) is 0 Å². The molecule has 3 aromatic rings. The number of carbonyl (C=O) groups excluding carboxylic acids is 3. The molecule has 0 saturated carbocycles. The molecule has 0 amide bonds. The lowest BCUT2D eigenvalue weighted by Crippen LogP contribution is -2.00. The summed E-state index contributed by atoms with van der Waals surface area (Å²) in [6.45, 7) is 2.62. The molecule has 0 heterocycles. The maximum Gasteiger partial charge on any atom is 0.197 e. The Labute approximate surface area is 216 Å². The van der Waals surface area contributed by atoms with Gasteiger partial charge < -0.3 is 4.74 Å². The molecule has 4 heteroatoms. The van der Waals surface area contributed by atoms with Crippen molar-refractivity contribution in [3.8, 4) is 0 Å². The standard InChI is InChI=1S/C33H26O4/c1-2-3-21-37-33-27-16-10-9-15-26(27)32(36)29(33)20-18-23(22-11-5-4-6-12-22)17-19-28-30(34)24-13-7-8-14-25(24)31(28)35/h4-20H,2-3,21H2,1H3/b20-18+,23-17-. The van der Waals surface area contributed by atoms with E-state index >= 15 is 0 Å². The highest BCUT2D eigenvalue weighted by atomic mass is 16.5. The average molecular weight is 487 g/mol. The number of unbranched alkanes of at least 4 members (excludes halogenated alkanes) is 1. The second-order valence-electron chi connectivity index (χ2n) is 8.93. The van der Waals surface area contributed by atoms with Crippen LogP contribution in [-0.2, 0) is 4.74 Å². The van der Waals surface area contributed by atoms with Crippen molar-refractivity contribution < 1.29 is 19.1 Å². The van der Waals surface area contributed by atoms with Crippen molar-refractivity contribution in [1.82, 2.24) is 0 Å². The van der Waals surface area contributed by atoms with E-state index in [2.05, 4.69) is 6.92 Å². The van der Waals surface area contributed by atoms with Crippen molar-refractivity contribution in [2.75, 3.05) is 6.61 Å². The largest absolute Gasteiger partial charge is 0.492 e. The summed E-state index contributed by atoms with van der Waals surface area (Å²) in [4.78, 5) is 39.0. The van der Waals surface area contributed by atoms with Crippen LogP contribution in [0.4, 0.5) is 0 Å². The zero-order valence-electron chi connectivity index (χ0n) is 20.6. The van der Waals surface area contributed by atoms with Gasteiger partial charge in [0.1, 0.15) is 5.76 Å². The van der Waals surface area contributed by atoms with E-state index in [0.717, 1.165) is 29.5 Å². The summed E-state index contributed by atoms with van der Waals surface area (Å²) >= 11 is 0. The lowest BCUT2D eigenvalue weighted by atomic mass is 10.0. The molecule has 3 aromatic carbocycles. The highest BCUT2D eigenvalue weighted by Crippen LogP contribution is 2.35. The number of Topliss-reactive ketones (excluding diaryl/α,β-unsaturated/α-hetero) is 3. The Morgan fingerprint density at radius 1 is 0.730 bits per heavy atom. The molecule has 0 aliphatic heterocycles. The summed E-state index contributed by atoms with van der Waals surface area (Å²) in [7, 11) is 0. The smallest absolute Gasteiger partial charge is 0.197 e. The molecule has 0 aromatic heterocycles. The summed E-state index contributed by atoms with van der Waals surface area (Å²) in [5, 5.41) is 0. The third-order valence-electron chi connectivity index (χ3n) is 6.52. The minimum Gasteiger partial charge on any atom is -0.492 e. The first-order valence-corrected chi connectivity index (χ1v) is 12.4. The molecule has 0 atom stereocenters. The van der Waals surface area contributed by atoms with E-state index in [-0.39, 0.29) is 22.9 Å². The summed E-state index contributed by atoms with van der Waals surface area (Å²) in [5.41, 5.74) is 4.56.